The minimum atomic E-state index is -0.492. The van der Waals surface area contributed by atoms with Crippen LogP contribution in [0.4, 0.5) is 0 Å². The summed E-state index contributed by atoms with van der Waals surface area (Å²) in [6.45, 7) is 1.63. The first-order chi connectivity index (χ1) is 13.0. The summed E-state index contributed by atoms with van der Waals surface area (Å²) in [7, 11) is 0. The largest absolute Gasteiger partial charge is 2.00 e. The molecule has 28 heavy (non-hydrogen) atoms. The topological polar surface area (TPSA) is 83.7 Å². The number of hydrogen-bond donors (Lipinski definition) is 0. The molecule has 1 aromatic heterocycles. The monoisotopic (exact) mass is 501 g/mol. The zero-order valence-corrected chi connectivity index (χ0v) is 18.0. The molecule has 2 aromatic carbocycles. The van der Waals surface area contributed by atoms with Crippen molar-refractivity contribution in [2.24, 2.45) is 10.2 Å². The van der Waals surface area contributed by atoms with Gasteiger partial charge in [-0.2, -0.15) is 10.2 Å². The number of aromatic nitrogens is 1. The van der Waals surface area contributed by atoms with Gasteiger partial charge in [0.15, 0.2) is 0 Å². The maximum Gasteiger partial charge on any atom is 2.00 e. The molecular weight excluding hydrogens is 488 g/mol. The molecule has 1 heterocycles. The van der Waals surface area contributed by atoms with Crippen LogP contribution in [-0.4, -0.2) is 16.6 Å². The maximum atomic E-state index is 11.8. The molecule has 0 fully saturated rings. The molecule has 8 heteroatoms. The average Bonchev–Trinajstić information content (AvgIpc) is 2.70. The van der Waals surface area contributed by atoms with E-state index in [9.17, 15) is 10.2 Å². The number of nitrogens with zero attached hydrogens (tertiary/aromatic N) is 3. The molecule has 0 aliphatic rings. The SMILES string of the molecule is C/C(=N\N=C(/[O-])c1ccc(Cl)cc1)c1cc(Br)ccc1[O-].[Ni+2].c1ccncc1. The molecular formula is C20H15BrClN3NiO2. The summed E-state index contributed by atoms with van der Waals surface area (Å²) in [5.41, 5.74) is 1.16. The maximum absolute atomic E-state index is 11.8. The molecule has 0 atom stereocenters. The number of hydrogen-bond acceptors (Lipinski definition) is 5. The van der Waals surface area contributed by atoms with Gasteiger partial charge in [0, 0.05) is 27.8 Å². The predicted octanol–water partition coefficient (Wildman–Crippen LogP) is 3.79. The molecule has 0 aliphatic carbocycles. The molecule has 0 aliphatic heterocycles. The minimum absolute atomic E-state index is 0. The van der Waals surface area contributed by atoms with Crippen molar-refractivity contribution in [1.82, 2.24) is 4.98 Å². The third kappa shape index (κ3) is 7.81. The van der Waals surface area contributed by atoms with Crippen molar-refractivity contribution in [2.45, 2.75) is 6.92 Å². The van der Waals surface area contributed by atoms with E-state index in [1.807, 2.05) is 18.2 Å². The summed E-state index contributed by atoms with van der Waals surface area (Å²) >= 11 is 9.03. The van der Waals surface area contributed by atoms with Crippen LogP contribution in [0, 0.1) is 0 Å². The molecule has 0 amide bonds. The van der Waals surface area contributed by atoms with Crippen LogP contribution in [0.5, 0.6) is 5.75 Å². The molecule has 5 nitrogen and oxygen atoms in total. The van der Waals surface area contributed by atoms with Crippen molar-refractivity contribution in [1.29, 1.82) is 0 Å². The summed E-state index contributed by atoms with van der Waals surface area (Å²) in [5, 5.41) is 31.6. The van der Waals surface area contributed by atoms with Gasteiger partial charge in [0.25, 0.3) is 0 Å². The van der Waals surface area contributed by atoms with Crippen LogP contribution in [-0.2, 0) is 16.5 Å². The normalized spacial score (nSPS) is 11.1. The van der Waals surface area contributed by atoms with Crippen molar-refractivity contribution < 1.29 is 26.7 Å². The summed E-state index contributed by atoms with van der Waals surface area (Å²) < 4.78 is 0.760. The van der Waals surface area contributed by atoms with Gasteiger partial charge in [-0.15, -0.1) is 0 Å². The van der Waals surface area contributed by atoms with E-state index in [0.29, 0.717) is 21.9 Å². The molecule has 0 spiro atoms. The van der Waals surface area contributed by atoms with Gasteiger partial charge in [-0.05, 0) is 54.4 Å². The smallest absolute Gasteiger partial charge is 0.872 e. The summed E-state index contributed by atoms with van der Waals surface area (Å²) in [5.74, 6) is -0.665. The average molecular weight is 503 g/mol. The number of rotatable bonds is 3. The van der Waals surface area contributed by atoms with E-state index in [0.717, 1.165) is 4.47 Å². The van der Waals surface area contributed by atoms with Gasteiger partial charge in [-0.1, -0.05) is 57.5 Å². The van der Waals surface area contributed by atoms with Crippen LogP contribution >= 0.6 is 27.5 Å². The second-order valence-corrected chi connectivity index (χ2v) is 6.61. The van der Waals surface area contributed by atoms with Gasteiger partial charge in [0.1, 0.15) is 0 Å². The first-order valence-corrected chi connectivity index (χ1v) is 9.01. The third-order valence-electron chi connectivity index (χ3n) is 3.28. The number of benzene rings is 2. The minimum Gasteiger partial charge on any atom is -0.872 e. The van der Waals surface area contributed by atoms with Crippen LogP contribution in [0.1, 0.15) is 18.1 Å². The first kappa shape index (κ1) is 23.8. The Morgan fingerprint density at radius 1 is 1.00 bits per heavy atom. The summed E-state index contributed by atoms with van der Waals surface area (Å²) in [6, 6.07) is 16.8. The molecule has 3 rings (SSSR count). The van der Waals surface area contributed by atoms with E-state index in [4.69, 9.17) is 11.6 Å². The van der Waals surface area contributed by atoms with Gasteiger partial charge in [-0.25, -0.2) is 0 Å². The second kappa shape index (κ2) is 12.3. The zero-order chi connectivity index (χ0) is 19.6. The number of pyridine rings is 1. The molecule has 3 aromatic rings. The molecule has 0 saturated heterocycles. The van der Waals surface area contributed by atoms with Crippen LogP contribution < -0.4 is 10.2 Å². The Kier molecular flexibility index (Phi) is 10.5. The van der Waals surface area contributed by atoms with Crippen molar-refractivity contribution in [3.8, 4) is 5.75 Å². The van der Waals surface area contributed by atoms with Crippen LogP contribution in [0.15, 0.2) is 87.7 Å². The Bertz CT molecular complexity index is 909. The first-order valence-electron chi connectivity index (χ1n) is 7.84. The molecule has 146 valence electrons. The van der Waals surface area contributed by atoms with Crippen molar-refractivity contribution >= 4 is 39.1 Å². The van der Waals surface area contributed by atoms with Crippen LogP contribution in [0.3, 0.4) is 0 Å². The fourth-order valence-electron chi connectivity index (χ4n) is 1.92. The zero-order valence-electron chi connectivity index (χ0n) is 14.7. The second-order valence-electron chi connectivity index (χ2n) is 5.26. The molecule has 0 saturated carbocycles. The fraction of sp³-hybridized carbons (Fsp3) is 0.0500. The standard InChI is InChI=1S/C15H12BrClN2O2.C5H5N.Ni/c1-9(13-8-11(16)4-7-14(13)20)18-19-15(21)10-2-5-12(17)6-3-10;1-2-4-6-5-3-1;/h2-8,20H,1H3,(H,19,21);1-5H;/q;;+2/p-2/b18-9+;;. The Morgan fingerprint density at radius 2 is 1.64 bits per heavy atom. The Balaban J connectivity index is 0.000000478. The predicted molar refractivity (Wildman–Crippen MR) is 108 cm³/mol. The molecule has 0 radical (unpaired) electrons. The van der Waals surface area contributed by atoms with Crippen molar-refractivity contribution in [3.63, 3.8) is 0 Å². The molecule has 0 N–H and O–H groups in total. The third-order valence-corrected chi connectivity index (χ3v) is 4.03. The van der Waals surface area contributed by atoms with Gasteiger partial charge in [0.2, 0.25) is 0 Å². The fourth-order valence-corrected chi connectivity index (χ4v) is 2.41. The van der Waals surface area contributed by atoms with E-state index in [2.05, 4.69) is 31.1 Å². The van der Waals surface area contributed by atoms with E-state index >= 15 is 0 Å². The van der Waals surface area contributed by atoms with E-state index in [-0.39, 0.29) is 22.2 Å². The quantitative estimate of drug-likeness (QED) is 0.236. The number of halogens is 2. The van der Waals surface area contributed by atoms with Crippen molar-refractivity contribution in [2.75, 3.05) is 0 Å². The van der Waals surface area contributed by atoms with Gasteiger partial charge < -0.3 is 10.2 Å². The van der Waals surface area contributed by atoms with E-state index in [1.165, 1.54) is 6.07 Å². The van der Waals surface area contributed by atoms with Crippen molar-refractivity contribution in [3.05, 3.63) is 93.7 Å². The Hall–Kier alpha value is -2.21. The Labute approximate surface area is 186 Å². The summed E-state index contributed by atoms with van der Waals surface area (Å²) in [6.07, 6.45) is 3.50. The van der Waals surface area contributed by atoms with E-state index < -0.39 is 5.90 Å². The van der Waals surface area contributed by atoms with E-state index in [1.54, 1.807) is 55.7 Å². The van der Waals surface area contributed by atoms with Gasteiger partial charge >= 0.3 is 16.5 Å². The molecule has 0 bridgehead atoms. The summed E-state index contributed by atoms with van der Waals surface area (Å²) in [4.78, 5) is 3.78. The molecule has 0 unspecified atom stereocenters. The van der Waals surface area contributed by atoms with Crippen LogP contribution in [0.2, 0.25) is 5.02 Å². The Morgan fingerprint density at radius 3 is 2.18 bits per heavy atom. The van der Waals surface area contributed by atoms with Gasteiger partial charge in [-0.3, -0.25) is 4.98 Å². The van der Waals surface area contributed by atoms with Crippen LogP contribution in [0.25, 0.3) is 0 Å². The van der Waals surface area contributed by atoms with Gasteiger partial charge in [0.05, 0.1) is 5.71 Å².